The first-order chi connectivity index (χ1) is 18.3. The molecular weight excluding hydrogens is 555 g/mol. The standard InChI is InChI=1S/C24H22ClFN6O4S2/c25-14-4-7-32-18(9-14)16(10-29-32)19-11-28-24(37-19)23(33)30-21(13-5-8-36-12-13)22-20(26)17(3-6-27-22)31-38(34,35)15-1-2-15/h3-4,6-7,9-11,13,15,21H,1-2,5,8,12H2,(H,27,31)(H,30,33)/t13-,21-/m1/s1. The Balaban J connectivity index is 1.28. The van der Waals surface area contributed by atoms with Crippen LogP contribution < -0.4 is 10.0 Å². The van der Waals surface area contributed by atoms with Gasteiger partial charge in [0.1, 0.15) is 5.69 Å². The average molecular weight is 577 g/mol. The molecule has 0 aromatic carbocycles. The molecule has 10 nitrogen and oxygen atoms in total. The molecule has 6 rings (SSSR count). The van der Waals surface area contributed by atoms with Crippen LogP contribution in [-0.2, 0) is 14.8 Å². The van der Waals surface area contributed by atoms with Gasteiger partial charge < -0.3 is 10.1 Å². The van der Waals surface area contributed by atoms with Crippen LogP contribution in [0.2, 0.25) is 5.02 Å². The maximum absolute atomic E-state index is 15.6. The molecule has 198 valence electrons. The van der Waals surface area contributed by atoms with E-state index in [1.165, 1.54) is 23.6 Å². The van der Waals surface area contributed by atoms with Crippen molar-refractivity contribution in [2.75, 3.05) is 17.9 Å². The number of sulfonamides is 1. The molecule has 1 aliphatic heterocycles. The highest BCUT2D eigenvalue weighted by molar-refractivity contribution is 7.93. The molecule has 5 heterocycles. The maximum Gasteiger partial charge on any atom is 0.280 e. The number of ether oxygens (including phenoxy) is 1. The maximum atomic E-state index is 15.6. The molecule has 14 heteroatoms. The number of amides is 1. The molecule has 1 aliphatic carbocycles. The molecule has 2 fully saturated rings. The lowest BCUT2D eigenvalue weighted by molar-refractivity contribution is 0.0912. The van der Waals surface area contributed by atoms with Crippen LogP contribution in [0.5, 0.6) is 0 Å². The molecule has 1 saturated carbocycles. The largest absolute Gasteiger partial charge is 0.381 e. The highest BCUT2D eigenvalue weighted by atomic mass is 35.5. The van der Waals surface area contributed by atoms with Crippen molar-refractivity contribution in [3.8, 4) is 10.4 Å². The molecule has 0 radical (unpaired) electrons. The third-order valence-corrected chi connectivity index (χ3v) is 9.72. The van der Waals surface area contributed by atoms with Gasteiger partial charge >= 0.3 is 0 Å². The summed E-state index contributed by atoms with van der Waals surface area (Å²) in [7, 11) is -3.68. The summed E-state index contributed by atoms with van der Waals surface area (Å²) in [4.78, 5) is 22.5. The van der Waals surface area contributed by atoms with Gasteiger partial charge in [-0.1, -0.05) is 11.6 Å². The van der Waals surface area contributed by atoms with Crippen molar-refractivity contribution in [3.63, 3.8) is 0 Å². The summed E-state index contributed by atoms with van der Waals surface area (Å²) < 4.78 is 49.9. The summed E-state index contributed by atoms with van der Waals surface area (Å²) in [5.41, 5.74) is 1.29. The molecule has 2 atom stereocenters. The van der Waals surface area contributed by atoms with Crippen LogP contribution in [0.25, 0.3) is 16.0 Å². The van der Waals surface area contributed by atoms with Crippen LogP contribution in [0.4, 0.5) is 10.1 Å². The number of carbonyl (C=O) groups excluding carboxylic acids is 1. The van der Waals surface area contributed by atoms with E-state index in [-0.39, 0.29) is 22.3 Å². The van der Waals surface area contributed by atoms with E-state index in [0.29, 0.717) is 42.4 Å². The van der Waals surface area contributed by atoms with Gasteiger partial charge in [-0.3, -0.25) is 14.5 Å². The summed E-state index contributed by atoms with van der Waals surface area (Å²) in [6.07, 6.45) is 8.00. The van der Waals surface area contributed by atoms with Crippen LogP contribution in [0, 0.1) is 11.7 Å². The molecule has 0 unspecified atom stereocenters. The number of fused-ring (bicyclic) bond motifs is 1. The molecule has 0 bridgehead atoms. The Labute approximate surface area is 226 Å². The fraction of sp³-hybridized carbons (Fsp3) is 0.333. The van der Waals surface area contributed by atoms with E-state index >= 15 is 4.39 Å². The van der Waals surface area contributed by atoms with Gasteiger partial charge in [0.15, 0.2) is 10.8 Å². The Hall–Kier alpha value is -3.13. The van der Waals surface area contributed by atoms with Gasteiger partial charge in [0.05, 0.1) is 40.2 Å². The number of carbonyl (C=O) groups is 1. The summed E-state index contributed by atoms with van der Waals surface area (Å²) >= 11 is 7.31. The van der Waals surface area contributed by atoms with E-state index in [4.69, 9.17) is 16.3 Å². The minimum atomic E-state index is -3.68. The molecule has 1 amide bonds. The van der Waals surface area contributed by atoms with Crippen LogP contribution in [0.15, 0.2) is 43.0 Å². The predicted octanol–water partition coefficient (Wildman–Crippen LogP) is 4.06. The van der Waals surface area contributed by atoms with Gasteiger partial charge in [-0.15, -0.1) is 11.3 Å². The first-order valence-electron chi connectivity index (χ1n) is 11.9. The van der Waals surface area contributed by atoms with Crippen LogP contribution in [0.3, 0.4) is 0 Å². The van der Waals surface area contributed by atoms with Gasteiger partial charge in [-0.25, -0.2) is 22.3 Å². The summed E-state index contributed by atoms with van der Waals surface area (Å²) in [6, 6.07) is 3.93. The number of pyridine rings is 2. The van der Waals surface area contributed by atoms with Crippen molar-refractivity contribution < 1.29 is 22.3 Å². The number of anilines is 1. The second kappa shape index (κ2) is 9.88. The van der Waals surface area contributed by atoms with Crippen molar-refractivity contribution in [2.24, 2.45) is 5.92 Å². The highest BCUT2D eigenvalue weighted by Crippen LogP contribution is 2.35. The zero-order valence-corrected chi connectivity index (χ0v) is 22.2. The van der Waals surface area contributed by atoms with Gasteiger partial charge in [0.2, 0.25) is 10.0 Å². The lowest BCUT2D eigenvalue weighted by Gasteiger charge is -2.24. The fourth-order valence-electron chi connectivity index (χ4n) is 4.45. The van der Waals surface area contributed by atoms with E-state index < -0.39 is 33.0 Å². The van der Waals surface area contributed by atoms with Crippen molar-refractivity contribution in [3.05, 3.63) is 64.5 Å². The minimum absolute atomic E-state index is 0.0566. The molecular formula is C24H22ClFN6O4S2. The number of hydrogen-bond acceptors (Lipinski definition) is 8. The van der Waals surface area contributed by atoms with Gasteiger partial charge in [-0.2, -0.15) is 5.10 Å². The molecule has 2 aliphatic rings. The third kappa shape index (κ3) is 4.86. The van der Waals surface area contributed by atoms with Gasteiger partial charge in [0, 0.05) is 41.7 Å². The van der Waals surface area contributed by atoms with Crippen LogP contribution in [0.1, 0.15) is 40.8 Å². The van der Waals surface area contributed by atoms with E-state index in [0.717, 1.165) is 11.1 Å². The summed E-state index contributed by atoms with van der Waals surface area (Å²) in [5.74, 6) is -1.58. The normalized spacial score (nSPS) is 18.5. The summed E-state index contributed by atoms with van der Waals surface area (Å²) in [6.45, 7) is 0.766. The molecule has 2 N–H and O–H groups in total. The number of rotatable bonds is 8. The number of halogens is 2. The van der Waals surface area contributed by atoms with Crippen molar-refractivity contribution >= 4 is 50.1 Å². The fourth-order valence-corrected chi connectivity index (χ4v) is 6.83. The highest BCUT2D eigenvalue weighted by Gasteiger charge is 2.37. The number of aromatic nitrogens is 4. The van der Waals surface area contributed by atoms with Gasteiger partial charge in [0.25, 0.3) is 5.91 Å². The summed E-state index contributed by atoms with van der Waals surface area (Å²) in [5, 5.41) is 7.40. The lowest BCUT2D eigenvalue weighted by atomic mass is 9.95. The van der Waals surface area contributed by atoms with Gasteiger partial charge in [-0.05, 0) is 37.5 Å². The Bertz CT molecular complexity index is 1630. The monoisotopic (exact) mass is 576 g/mol. The zero-order chi connectivity index (χ0) is 26.4. The second-order valence-electron chi connectivity index (χ2n) is 9.24. The lowest BCUT2D eigenvalue weighted by Crippen LogP contribution is -2.35. The Morgan fingerprint density at radius 3 is 2.84 bits per heavy atom. The van der Waals surface area contributed by atoms with Crippen LogP contribution in [-0.4, -0.2) is 52.4 Å². The Morgan fingerprint density at radius 2 is 2.08 bits per heavy atom. The first-order valence-corrected chi connectivity index (χ1v) is 14.7. The van der Waals surface area contributed by atoms with Crippen molar-refractivity contribution in [1.82, 2.24) is 24.9 Å². The number of nitrogens with zero attached hydrogens (tertiary/aromatic N) is 4. The molecule has 4 aromatic rings. The SMILES string of the molecule is O=C(N[C@@H](c1nccc(NS(=O)(=O)C2CC2)c1F)[C@@H]1CCOC1)c1ncc(-c2cnn3ccc(Cl)cc23)s1. The number of thiazole rings is 1. The third-order valence-electron chi connectivity index (χ3n) is 6.60. The van der Waals surface area contributed by atoms with E-state index in [1.807, 2.05) is 0 Å². The molecule has 0 spiro atoms. The van der Waals surface area contributed by atoms with E-state index in [2.05, 4.69) is 25.1 Å². The number of hydrogen-bond donors (Lipinski definition) is 2. The molecule has 1 saturated heterocycles. The first kappa shape index (κ1) is 25.2. The second-order valence-corrected chi connectivity index (χ2v) is 12.7. The topological polar surface area (TPSA) is 128 Å². The van der Waals surface area contributed by atoms with E-state index in [9.17, 15) is 13.2 Å². The Kier molecular flexibility index (Phi) is 6.54. The van der Waals surface area contributed by atoms with Crippen molar-refractivity contribution in [1.29, 1.82) is 0 Å². The number of nitrogens with one attached hydrogen (secondary N) is 2. The smallest absolute Gasteiger partial charge is 0.280 e. The molecule has 4 aromatic heterocycles. The predicted molar refractivity (Wildman–Crippen MR) is 140 cm³/mol. The Morgan fingerprint density at radius 1 is 1.24 bits per heavy atom. The molecule has 38 heavy (non-hydrogen) atoms. The zero-order valence-electron chi connectivity index (χ0n) is 19.8. The average Bonchev–Trinajstić information content (AvgIpc) is 3.27. The van der Waals surface area contributed by atoms with Crippen LogP contribution >= 0.6 is 22.9 Å². The minimum Gasteiger partial charge on any atom is -0.381 e. The van der Waals surface area contributed by atoms with E-state index in [1.54, 1.807) is 35.2 Å². The van der Waals surface area contributed by atoms with Crippen molar-refractivity contribution in [2.45, 2.75) is 30.6 Å². The quantitative estimate of drug-likeness (QED) is 0.324.